The van der Waals surface area contributed by atoms with Crippen LogP contribution in [0.25, 0.3) is 0 Å². The van der Waals surface area contributed by atoms with Gasteiger partial charge in [-0.25, -0.2) is 18.5 Å². The number of nitrogens with two attached hydrogens (primary N) is 1. The summed E-state index contributed by atoms with van der Waals surface area (Å²) in [5.74, 6) is 5.10. The van der Waals surface area contributed by atoms with Gasteiger partial charge in [0.1, 0.15) is 18.1 Å². The predicted octanol–water partition coefficient (Wildman–Crippen LogP) is -0.669. The molecule has 0 bridgehead atoms. The summed E-state index contributed by atoms with van der Waals surface area (Å²) in [6, 6.07) is 0. The van der Waals surface area contributed by atoms with E-state index < -0.39 is 54.2 Å². The Labute approximate surface area is 215 Å². The number of aliphatic hydroxyl groups is 1. The lowest BCUT2D eigenvalue weighted by Gasteiger charge is -2.19. The van der Waals surface area contributed by atoms with Crippen molar-refractivity contribution in [2.75, 3.05) is 18.9 Å². The molecule has 18 nitrogen and oxygen atoms in total. The third-order valence-electron chi connectivity index (χ3n) is 4.50. The van der Waals surface area contributed by atoms with Crippen LogP contribution < -0.4 is 16.7 Å². The third-order valence-corrected chi connectivity index (χ3v) is 8.31. The number of amides is 1. The van der Waals surface area contributed by atoms with Crippen LogP contribution in [0.1, 0.15) is 38.5 Å². The first-order valence-corrected chi connectivity index (χ1v) is 15.2. The first-order chi connectivity index (χ1) is 17.4. The quantitative estimate of drug-likeness (QED) is 0.122. The number of rotatable bonds is 11. The van der Waals surface area contributed by atoms with E-state index in [1.165, 1.54) is 6.20 Å². The number of aromatic nitrogens is 2. The van der Waals surface area contributed by atoms with E-state index in [1.807, 2.05) is 13.8 Å². The normalized spacial score (nSPS) is 22.8. The number of carbonyl (C=O) groups excluding carboxylic acids is 1. The molecule has 1 aliphatic heterocycles. The zero-order valence-electron chi connectivity index (χ0n) is 19.9. The van der Waals surface area contributed by atoms with Gasteiger partial charge in [-0.05, 0) is 5.92 Å². The summed E-state index contributed by atoms with van der Waals surface area (Å²) in [6.07, 6.45) is -2.60. The largest absolute Gasteiger partial charge is 0.490 e. The van der Waals surface area contributed by atoms with E-state index in [9.17, 15) is 38.2 Å². The van der Waals surface area contributed by atoms with Crippen LogP contribution in [0, 0.1) is 17.8 Å². The van der Waals surface area contributed by atoms with E-state index in [-0.39, 0.29) is 36.2 Å². The highest BCUT2D eigenvalue weighted by Gasteiger charge is 2.43. The number of nitrogens with zero attached hydrogens (tertiary/aromatic N) is 2. The molecule has 1 saturated heterocycles. The maximum Gasteiger partial charge on any atom is 0.490 e. The topological polar surface area (TPSA) is 279 Å². The molecule has 8 N–H and O–H groups in total. The molecule has 1 fully saturated rings. The molecule has 21 heteroatoms. The number of hydrogen-bond donors (Lipinski definition) is 7. The SMILES string of the molecule is CC(C)CC(=O)NCC#Cc1cn([C@H]2C[C@H](O)[C@@H](COP(=O)(O)OP(=O)(O)OP(=O)(O)O)O2)c(=O)nc1N. The van der Waals surface area contributed by atoms with Crippen LogP contribution in [0.5, 0.6) is 0 Å². The van der Waals surface area contributed by atoms with Gasteiger partial charge in [-0.1, -0.05) is 25.7 Å². The lowest BCUT2D eigenvalue weighted by Crippen LogP contribution is -2.29. The summed E-state index contributed by atoms with van der Waals surface area (Å²) in [5, 5.41) is 12.8. The van der Waals surface area contributed by atoms with Gasteiger partial charge in [-0.2, -0.15) is 13.6 Å². The Hall–Kier alpha value is -1.96. The van der Waals surface area contributed by atoms with Crippen molar-refractivity contribution >= 4 is 35.2 Å². The minimum absolute atomic E-state index is 0.00539. The zero-order chi connectivity index (χ0) is 28.9. The summed E-state index contributed by atoms with van der Waals surface area (Å²) in [5.41, 5.74) is 4.97. The molecule has 0 saturated carbocycles. The highest BCUT2D eigenvalue weighted by Crippen LogP contribution is 2.66. The molecule has 5 atom stereocenters. The lowest BCUT2D eigenvalue weighted by molar-refractivity contribution is -0.121. The van der Waals surface area contributed by atoms with Crippen molar-refractivity contribution in [3.63, 3.8) is 0 Å². The second kappa shape index (κ2) is 12.9. The van der Waals surface area contributed by atoms with Gasteiger partial charge >= 0.3 is 29.2 Å². The number of anilines is 1. The van der Waals surface area contributed by atoms with Crippen molar-refractivity contribution in [2.24, 2.45) is 5.92 Å². The Morgan fingerprint density at radius 2 is 1.92 bits per heavy atom. The molecule has 0 aliphatic carbocycles. The molecular weight excluding hydrogens is 577 g/mol. The fourth-order valence-electron chi connectivity index (χ4n) is 3.02. The standard InChI is InChI=1S/C17H27N4O14P3/c1-10(2)6-14(23)19-5-3-4-11-8-21(17(24)20-16(11)18)15-7-12(22)13(33-15)9-32-37(28,29)35-38(30,31)34-36(25,26)27/h8,10,12-13,15,22H,5-7,9H2,1-2H3,(H,19,23)(H,28,29)(H,30,31)(H2,18,20,24)(H2,25,26,27)/t12-,13+,15+/m0/s1. The number of carbonyl (C=O) groups is 1. The monoisotopic (exact) mass is 604 g/mol. The molecule has 1 aliphatic rings. The van der Waals surface area contributed by atoms with Crippen molar-refractivity contribution in [1.82, 2.24) is 14.9 Å². The van der Waals surface area contributed by atoms with Crippen molar-refractivity contribution in [3.8, 4) is 11.8 Å². The number of ether oxygens (including phenoxy) is 1. The van der Waals surface area contributed by atoms with Gasteiger partial charge in [0, 0.05) is 19.0 Å². The lowest BCUT2D eigenvalue weighted by atomic mass is 10.1. The fraction of sp³-hybridized carbons (Fsp3) is 0.588. The summed E-state index contributed by atoms with van der Waals surface area (Å²) in [6.45, 7) is 2.86. The highest BCUT2D eigenvalue weighted by molar-refractivity contribution is 7.66. The maximum absolute atomic E-state index is 12.3. The van der Waals surface area contributed by atoms with Crippen LogP contribution in [0.3, 0.4) is 0 Å². The Morgan fingerprint density at radius 1 is 1.26 bits per heavy atom. The minimum Gasteiger partial charge on any atom is -0.390 e. The molecule has 2 unspecified atom stereocenters. The number of phosphoric ester groups is 1. The average Bonchev–Trinajstić information content (AvgIpc) is 3.08. The van der Waals surface area contributed by atoms with Crippen LogP contribution in [0.2, 0.25) is 0 Å². The van der Waals surface area contributed by atoms with Crippen molar-refractivity contribution in [1.29, 1.82) is 0 Å². The van der Waals surface area contributed by atoms with Gasteiger partial charge < -0.3 is 40.5 Å². The fourth-order valence-corrected chi connectivity index (χ4v) is 6.05. The highest BCUT2D eigenvalue weighted by atomic mass is 31.3. The van der Waals surface area contributed by atoms with E-state index >= 15 is 0 Å². The van der Waals surface area contributed by atoms with E-state index in [0.29, 0.717) is 6.42 Å². The van der Waals surface area contributed by atoms with Gasteiger partial charge in [0.2, 0.25) is 5.91 Å². The molecule has 214 valence electrons. The summed E-state index contributed by atoms with van der Waals surface area (Å²) in [7, 11) is -16.7. The number of phosphoric acid groups is 3. The smallest absolute Gasteiger partial charge is 0.390 e. The molecule has 0 aromatic carbocycles. The van der Waals surface area contributed by atoms with Crippen LogP contribution in [0.15, 0.2) is 11.0 Å². The van der Waals surface area contributed by atoms with Crippen molar-refractivity contribution < 1.29 is 61.1 Å². The Balaban J connectivity index is 2.05. The number of hydrogen-bond acceptors (Lipinski definition) is 12. The van der Waals surface area contributed by atoms with Gasteiger partial charge in [-0.3, -0.25) is 13.9 Å². The Morgan fingerprint density at radius 3 is 2.53 bits per heavy atom. The predicted molar refractivity (Wildman–Crippen MR) is 127 cm³/mol. The number of aliphatic hydroxyl groups excluding tert-OH is 1. The molecule has 0 spiro atoms. The van der Waals surface area contributed by atoms with Gasteiger partial charge in [0.25, 0.3) is 0 Å². The van der Waals surface area contributed by atoms with E-state index in [0.717, 1.165) is 4.57 Å². The summed E-state index contributed by atoms with van der Waals surface area (Å²) in [4.78, 5) is 63.5. The molecule has 1 amide bonds. The van der Waals surface area contributed by atoms with Gasteiger partial charge in [-0.15, -0.1) is 0 Å². The first-order valence-electron chi connectivity index (χ1n) is 10.6. The molecule has 2 heterocycles. The Kier molecular flexibility index (Phi) is 11.0. The average molecular weight is 604 g/mol. The van der Waals surface area contributed by atoms with Crippen LogP contribution in [-0.2, 0) is 36.4 Å². The molecule has 38 heavy (non-hydrogen) atoms. The molecule has 1 aromatic heterocycles. The molecule has 0 radical (unpaired) electrons. The van der Waals surface area contributed by atoms with Crippen LogP contribution >= 0.6 is 23.5 Å². The van der Waals surface area contributed by atoms with E-state index in [1.54, 1.807) is 0 Å². The Bertz CT molecular complexity index is 1280. The van der Waals surface area contributed by atoms with E-state index in [2.05, 4.69) is 35.3 Å². The van der Waals surface area contributed by atoms with Crippen molar-refractivity contribution in [2.45, 2.75) is 45.1 Å². The number of nitrogens with one attached hydrogen (secondary N) is 1. The molecular formula is C17H27N4O14P3. The second-order valence-electron chi connectivity index (χ2n) is 8.23. The zero-order valence-corrected chi connectivity index (χ0v) is 22.6. The van der Waals surface area contributed by atoms with Crippen molar-refractivity contribution in [3.05, 3.63) is 22.2 Å². The second-order valence-corrected chi connectivity index (χ2v) is 12.6. The van der Waals surface area contributed by atoms with Gasteiger partial charge in [0.05, 0.1) is 24.8 Å². The summed E-state index contributed by atoms with van der Waals surface area (Å²) < 4.78 is 52.0. The summed E-state index contributed by atoms with van der Waals surface area (Å²) >= 11 is 0. The number of nitrogen functional groups attached to an aromatic ring is 1. The van der Waals surface area contributed by atoms with Gasteiger partial charge in [0.15, 0.2) is 0 Å². The first kappa shape index (κ1) is 32.3. The minimum atomic E-state index is -5.72. The van der Waals surface area contributed by atoms with Crippen LogP contribution in [-0.4, -0.2) is 65.5 Å². The molecule has 1 aromatic rings. The molecule has 2 rings (SSSR count). The van der Waals surface area contributed by atoms with Crippen LogP contribution in [0.4, 0.5) is 5.82 Å². The maximum atomic E-state index is 12.3. The third kappa shape index (κ3) is 10.7. The van der Waals surface area contributed by atoms with E-state index in [4.69, 9.17) is 20.3 Å².